The molecular weight excluding hydrogens is 326 g/mol. The van der Waals surface area contributed by atoms with Crippen LogP contribution in [-0.2, 0) is 19.6 Å². The van der Waals surface area contributed by atoms with Gasteiger partial charge in [0, 0.05) is 35.7 Å². The summed E-state index contributed by atoms with van der Waals surface area (Å²) < 4.78 is 1.81. The molecule has 0 fully saturated rings. The number of nitrogens with zero attached hydrogens (tertiary/aromatic N) is 5. The van der Waals surface area contributed by atoms with Crippen molar-refractivity contribution in [3.63, 3.8) is 0 Å². The van der Waals surface area contributed by atoms with Gasteiger partial charge < -0.3 is 0 Å². The minimum Gasteiger partial charge on any atom is -0.280 e. The van der Waals surface area contributed by atoms with E-state index in [9.17, 15) is 10.1 Å². The average molecular weight is 341 g/mol. The van der Waals surface area contributed by atoms with Crippen LogP contribution in [0.5, 0.6) is 0 Å². The molecule has 0 spiro atoms. The summed E-state index contributed by atoms with van der Waals surface area (Å²) >= 11 is 1.83. The molecule has 0 amide bonds. The topological polar surface area (TPSA) is 77.1 Å². The molecule has 7 nitrogen and oxygen atoms in total. The van der Waals surface area contributed by atoms with Crippen molar-refractivity contribution in [2.45, 2.75) is 19.6 Å². The van der Waals surface area contributed by atoms with Gasteiger partial charge in [-0.05, 0) is 35.6 Å². The highest BCUT2D eigenvalue weighted by Gasteiger charge is 2.18. The number of nitro benzene ring substituents is 1. The van der Waals surface area contributed by atoms with E-state index in [0.29, 0.717) is 12.5 Å². The van der Waals surface area contributed by atoms with E-state index in [1.165, 1.54) is 22.6 Å². The van der Waals surface area contributed by atoms with Crippen molar-refractivity contribution in [2.75, 3.05) is 6.54 Å². The monoisotopic (exact) mass is 341 g/mol. The summed E-state index contributed by atoms with van der Waals surface area (Å²) in [5.41, 5.74) is 2.25. The third-order valence-electron chi connectivity index (χ3n) is 4.10. The predicted octanol–water partition coefficient (Wildman–Crippen LogP) is 2.93. The molecule has 122 valence electrons. The van der Waals surface area contributed by atoms with Gasteiger partial charge in [-0.2, -0.15) is 0 Å². The van der Waals surface area contributed by atoms with Gasteiger partial charge in [0.05, 0.1) is 11.6 Å². The molecule has 0 N–H and O–H groups in total. The molecule has 2 aromatic heterocycles. The van der Waals surface area contributed by atoms with E-state index < -0.39 is 4.92 Å². The molecule has 0 radical (unpaired) electrons. The van der Waals surface area contributed by atoms with Crippen LogP contribution in [0.4, 0.5) is 5.69 Å². The predicted molar refractivity (Wildman–Crippen MR) is 90.5 cm³/mol. The zero-order valence-corrected chi connectivity index (χ0v) is 13.6. The molecule has 3 aromatic rings. The lowest BCUT2D eigenvalue weighted by Gasteiger charge is -2.26. The van der Waals surface area contributed by atoms with Crippen molar-refractivity contribution in [3.05, 3.63) is 62.6 Å². The lowest BCUT2D eigenvalue weighted by molar-refractivity contribution is -0.384. The molecule has 3 heterocycles. The fraction of sp³-hybridized carbons (Fsp3) is 0.250. The van der Waals surface area contributed by atoms with E-state index in [0.717, 1.165) is 25.1 Å². The second-order valence-electron chi connectivity index (χ2n) is 5.72. The van der Waals surface area contributed by atoms with Crippen molar-refractivity contribution in [1.29, 1.82) is 0 Å². The number of thiophene rings is 1. The fourth-order valence-electron chi connectivity index (χ4n) is 2.86. The Bertz CT molecular complexity index is 871. The summed E-state index contributed by atoms with van der Waals surface area (Å²) in [5, 5.41) is 17.3. The van der Waals surface area contributed by atoms with Crippen molar-refractivity contribution >= 4 is 17.0 Å². The quantitative estimate of drug-likeness (QED) is 0.538. The van der Waals surface area contributed by atoms with Gasteiger partial charge in [-0.3, -0.25) is 15.0 Å². The Hall–Kier alpha value is -2.58. The molecule has 0 unspecified atom stereocenters. The van der Waals surface area contributed by atoms with E-state index in [2.05, 4.69) is 26.4 Å². The first-order chi connectivity index (χ1) is 11.7. The van der Waals surface area contributed by atoms with Crippen LogP contribution in [0.25, 0.3) is 11.4 Å². The highest BCUT2D eigenvalue weighted by Crippen LogP contribution is 2.24. The van der Waals surface area contributed by atoms with Gasteiger partial charge in [-0.15, -0.1) is 16.4 Å². The van der Waals surface area contributed by atoms with Crippen LogP contribution in [0, 0.1) is 10.1 Å². The number of hydrogen-bond donors (Lipinski definition) is 0. The first-order valence-electron chi connectivity index (χ1n) is 7.61. The largest absolute Gasteiger partial charge is 0.280 e. The Balaban J connectivity index is 1.46. The standard InChI is InChI=1S/C16H15N5O2S/c22-21(23)14-3-1-12(2-4-14)16-17-10-20(18-16)11-19-7-5-15-13(9-19)6-8-24-15/h1-4,6,8,10H,5,7,9,11H2. The van der Waals surface area contributed by atoms with Gasteiger partial charge in [-0.25, -0.2) is 9.67 Å². The summed E-state index contributed by atoms with van der Waals surface area (Å²) in [7, 11) is 0. The normalized spacial score (nSPS) is 14.5. The van der Waals surface area contributed by atoms with Crippen molar-refractivity contribution in [2.24, 2.45) is 0 Å². The van der Waals surface area contributed by atoms with Crippen LogP contribution in [0.3, 0.4) is 0 Å². The van der Waals surface area contributed by atoms with E-state index in [1.54, 1.807) is 18.5 Å². The first-order valence-corrected chi connectivity index (χ1v) is 8.49. The maximum absolute atomic E-state index is 10.7. The number of non-ortho nitro benzene ring substituents is 1. The molecule has 1 aliphatic heterocycles. The molecule has 0 bridgehead atoms. The third kappa shape index (κ3) is 2.93. The molecule has 1 aliphatic rings. The number of rotatable bonds is 4. The number of fused-ring (bicyclic) bond motifs is 1. The van der Waals surface area contributed by atoms with Gasteiger partial charge in [0.25, 0.3) is 5.69 Å². The molecule has 1 aromatic carbocycles. The zero-order valence-electron chi connectivity index (χ0n) is 12.8. The average Bonchev–Trinajstić information content (AvgIpc) is 3.24. The second-order valence-corrected chi connectivity index (χ2v) is 6.73. The summed E-state index contributed by atoms with van der Waals surface area (Å²) in [5.74, 6) is 0.582. The van der Waals surface area contributed by atoms with Gasteiger partial charge in [0.1, 0.15) is 6.33 Å². The van der Waals surface area contributed by atoms with Crippen LogP contribution < -0.4 is 0 Å². The van der Waals surface area contributed by atoms with Crippen LogP contribution in [0.1, 0.15) is 10.4 Å². The molecule has 8 heteroatoms. The molecule has 0 saturated heterocycles. The SMILES string of the molecule is O=[N+]([O-])c1ccc(-c2ncn(CN3CCc4sccc4C3)n2)cc1. The van der Waals surface area contributed by atoms with Crippen LogP contribution >= 0.6 is 11.3 Å². The number of hydrogen-bond acceptors (Lipinski definition) is 6. The zero-order chi connectivity index (χ0) is 16.5. The number of benzene rings is 1. The molecule has 0 atom stereocenters. The molecule has 0 aliphatic carbocycles. The summed E-state index contributed by atoms with van der Waals surface area (Å²) in [6.07, 6.45) is 2.79. The Kier molecular flexibility index (Phi) is 3.83. The van der Waals surface area contributed by atoms with E-state index in [1.807, 2.05) is 16.0 Å². The van der Waals surface area contributed by atoms with Crippen LogP contribution in [0.2, 0.25) is 0 Å². The Labute approximate surface area is 142 Å². The minimum absolute atomic E-state index is 0.0677. The molecule has 24 heavy (non-hydrogen) atoms. The van der Waals surface area contributed by atoms with Crippen molar-refractivity contribution < 1.29 is 4.92 Å². The van der Waals surface area contributed by atoms with Gasteiger partial charge >= 0.3 is 0 Å². The summed E-state index contributed by atoms with van der Waals surface area (Å²) in [6.45, 7) is 2.64. The second kappa shape index (κ2) is 6.14. The smallest absolute Gasteiger partial charge is 0.269 e. The van der Waals surface area contributed by atoms with E-state index >= 15 is 0 Å². The highest BCUT2D eigenvalue weighted by molar-refractivity contribution is 7.10. The minimum atomic E-state index is -0.412. The molecular formula is C16H15N5O2S. The summed E-state index contributed by atoms with van der Waals surface area (Å²) in [4.78, 5) is 18.4. The lowest BCUT2D eigenvalue weighted by atomic mass is 10.1. The number of nitro groups is 1. The molecule has 4 rings (SSSR count). The fourth-order valence-corrected chi connectivity index (χ4v) is 3.75. The van der Waals surface area contributed by atoms with Gasteiger partial charge in [-0.1, -0.05) is 0 Å². The van der Waals surface area contributed by atoms with Crippen molar-refractivity contribution in [3.8, 4) is 11.4 Å². The Morgan fingerprint density at radius 3 is 2.88 bits per heavy atom. The third-order valence-corrected chi connectivity index (χ3v) is 5.13. The summed E-state index contributed by atoms with van der Waals surface area (Å²) in [6, 6.07) is 8.49. The maximum Gasteiger partial charge on any atom is 0.269 e. The maximum atomic E-state index is 10.7. The highest BCUT2D eigenvalue weighted by atomic mass is 32.1. The van der Waals surface area contributed by atoms with Gasteiger partial charge in [0.2, 0.25) is 0 Å². The Morgan fingerprint density at radius 1 is 1.25 bits per heavy atom. The van der Waals surface area contributed by atoms with E-state index in [-0.39, 0.29) is 5.69 Å². The lowest BCUT2D eigenvalue weighted by Crippen LogP contribution is -2.31. The Morgan fingerprint density at radius 2 is 2.08 bits per heavy atom. The first kappa shape index (κ1) is 15.0. The van der Waals surface area contributed by atoms with E-state index in [4.69, 9.17) is 0 Å². The molecule has 0 saturated carbocycles. The van der Waals surface area contributed by atoms with Gasteiger partial charge in [0.15, 0.2) is 5.82 Å². The number of aromatic nitrogens is 3. The van der Waals surface area contributed by atoms with Crippen LogP contribution in [0.15, 0.2) is 42.0 Å². The van der Waals surface area contributed by atoms with Crippen LogP contribution in [-0.4, -0.2) is 31.1 Å². The van der Waals surface area contributed by atoms with Crippen molar-refractivity contribution in [1.82, 2.24) is 19.7 Å².